The highest BCUT2D eigenvalue weighted by Gasteiger charge is 2.21. The van der Waals surface area contributed by atoms with E-state index in [0.29, 0.717) is 18.1 Å². The molecule has 0 aliphatic carbocycles. The van der Waals surface area contributed by atoms with Gasteiger partial charge in [0.25, 0.3) is 0 Å². The fourth-order valence-electron chi connectivity index (χ4n) is 2.82. The van der Waals surface area contributed by atoms with Crippen molar-refractivity contribution >= 4 is 35.1 Å². The van der Waals surface area contributed by atoms with Gasteiger partial charge in [-0.1, -0.05) is 53.2 Å². The standard InChI is InChI=1S/C23H25N3O3S/c1-16-9-11-20(12-10-16)26(14-19-7-5-4-6-8-19)22(27)15-30-18(3)23(28)24-21-13-17(2)29-25-21/h4-13,18H,14-15H2,1-3H3,(H,24,25,28)/t18-/m0/s1. The summed E-state index contributed by atoms with van der Waals surface area (Å²) in [6, 6.07) is 19.4. The molecule has 0 aliphatic heterocycles. The van der Waals surface area contributed by atoms with Crippen LogP contribution in [-0.4, -0.2) is 28.0 Å². The molecule has 2 aromatic carbocycles. The van der Waals surface area contributed by atoms with Crippen LogP contribution in [0, 0.1) is 13.8 Å². The lowest BCUT2D eigenvalue weighted by atomic mass is 10.1. The monoisotopic (exact) mass is 423 g/mol. The van der Waals surface area contributed by atoms with Gasteiger partial charge in [-0.25, -0.2) is 0 Å². The van der Waals surface area contributed by atoms with E-state index in [2.05, 4.69) is 10.5 Å². The molecule has 1 N–H and O–H groups in total. The van der Waals surface area contributed by atoms with Gasteiger partial charge >= 0.3 is 0 Å². The molecule has 0 unspecified atom stereocenters. The van der Waals surface area contributed by atoms with Gasteiger partial charge < -0.3 is 14.7 Å². The van der Waals surface area contributed by atoms with Gasteiger partial charge in [0.15, 0.2) is 5.82 Å². The molecule has 30 heavy (non-hydrogen) atoms. The van der Waals surface area contributed by atoms with E-state index in [9.17, 15) is 9.59 Å². The Morgan fingerprint density at radius 2 is 1.80 bits per heavy atom. The molecule has 3 aromatic rings. The molecule has 0 fully saturated rings. The maximum absolute atomic E-state index is 13.1. The number of carbonyl (C=O) groups excluding carboxylic acids is 2. The lowest BCUT2D eigenvalue weighted by Gasteiger charge is -2.24. The molecule has 6 nitrogen and oxygen atoms in total. The predicted molar refractivity (Wildman–Crippen MR) is 121 cm³/mol. The number of aromatic nitrogens is 1. The fraction of sp³-hybridized carbons (Fsp3) is 0.261. The van der Waals surface area contributed by atoms with Gasteiger partial charge in [-0.2, -0.15) is 0 Å². The summed E-state index contributed by atoms with van der Waals surface area (Å²) in [5.41, 5.74) is 3.02. The number of thioether (sulfide) groups is 1. The number of benzene rings is 2. The molecule has 3 rings (SSSR count). The van der Waals surface area contributed by atoms with Crippen molar-refractivity contribution in [1.29, 1.82) is 0 Å². The molecule has 1 aromatic heterocycles. The van der Waals surface area contributed by atoms with Crippen LogP contribution < -0.4 is 10.2 Å². The molecule has 156 valence electrons. The van der Waals surface area contributed by atoms with Crippen LogP contribution in [0.5, 0.6) is 0 Å². The van der Waals surface area contributed by atoms with Crippen LogP contribution in [0.2, 0.25) is 0 Å². The third kappa shape index (κ3) is 5.97. The minimum Gasteiger partial charge on any atom is -0.360 e. The van der Waals surface area contributed by atoms with Gasteiger partial charge in [-0.05, 0) is 38.5 Å². The Balaban J connectivity index is 1.65. The van der Waals surface area contributed by atoms with Gasteiger partial charge in [-0.3, -0.25) is 9.59 Å². The van der Waals surface area contributed by atoms with Crippen LogP contribution in [0.4, 0.5) is 11.5 Å². The summed E-state index contributed by atoms with van der Waals surface area (Å²) in [4.78, 5) is 27.2. The number of nitrogens with one attached hydrogen (secondary N) is 1. The largest absolute Gasteiger partial charge is 0.360 e. The fourth-order valence-corrected chi connectivity index (χ4v) is 3.58. The molecular weight excluding hydrogens is 398 g/mol. The maximum Gasteiger partial charge on any atom is 0.238 e. The van der Waals surface area contributed by atoms with Crippen molar-refractivity contribution in [1.82, 2.24) is 5.16 Å². The number of anilines is 2. The summed E-state index contributed by atoms with van der Waals surface area (Å²) in [7, 11) is 0. The number of nitrogens with zero attached hydrogens (tertiary/aromatic N) is 2. The zero-order valence-electron chi connectivity index (χ0n) is 17.3. The molecule has 0 radical (unpaired) electrons. The topological polar surface area (TPSA) is 75.4 Å². The summed E-state index contributed by atoms with van der Waals surface area (Å²) in [6.07, 6.45) is 0. The van der Waals surface area contributed by atoms with Crippen LogP contribution in [-0.2, 0) is 16.1 Å². The molecule has 1 heterocycles. The summed E-state index contributed by atoms with van der Waals surface area (Å²) >= 11 is 1.29. The molecule has 0 aliphatic rings. The van der Waals surface area contributed by atoms with Gasteiger partial charge in [0, 0.05) is 11.8 Å². The number of amides is 2. The molecule has 2 amide bonds. The number of hydrogen-bond donors (Lipinski definition) is 1. The van der Waals surface area contributed by atoms with E-state index in [1.165, 1.54) is 11.8 Å². The lowest BCUT2D eigenvalue weighted by molar-refractivity contribution is -0.116. The third-order valence-electron chi connectivity index (χ3n) is 4.54. The number of carbonyl (C=O) groups is 2. The smallest absolute Gasteiger partial charge is 0.238 e. The van der Waals surface area contributed by atoms with Gasteiger partial charge in [0.1, 0.15) is 5.76 Å². The quantitative estimate of drug-likeness (QED) is 0.574. The first-order valence-electron chi connectivity index (χ1n) is 9.69. The Bertz CT molecular complexity index is 986. The number of hydrogen-bond acceptors (Lipinski definition) is 5. The lowest BCUT2D eigenvalue weighted by Crippen LogP contribution is -2.33. The number of rotatable bonds is 8. The Morgan fingerprint density at radius 3 is 2.43 bits per heavy atom. The Kier molecular flexibility index (Phi) is 7.30. The van der Waals surface area contributed by atoms with E-state index in [-0.39, 0.29) is 17.6 Å². The number of aryl methyl sites for hydroxylation is 2. The molecular formula is C23H25N3O3S. The van der Waals surface area contributed by atoms with Crippen LogP contribution in [0.3, 0.4) is 0 Å². The van der Waals surface area contributed by atoms with Gasteiger partial charge in [0.05, 0.1) is 17.5 Å². The summed E-state index contributed by atoms with van der Waals surface area (Å²) in [5, 5.41) is 6.05. The molecule has 7 heteroatoms. The first-order valence-corrected chi connectivity index (χ1v) is 10.7. The van der Waals surface area contributed by atoms with E-state index in [1.54, 1.807) is 24.8 Å². The summed E-state index contributed by atoms with van der Waals surface area (Å²) in [6.45, 7) is 6.02. The van der Waals surface area contributed by atoms with Gasteiger partial charge in [0.2, 0.25) is 11.8 Å². The van der Waals surface area contributed by atoms with Crippen molar-refractivity contribution in [3.63, 3.8) is 0 Å². The molecule has 0 saturated carbocycles. The van der Waals surface area contributed by atoms with Crippen molar-refractivity contribution in [2.45, 2.75) is 32.6 Å². The SMILES string of the molecule is Cc1ccc(N(Cc2ccccc2)C(=O)CS[C@@H](C)C(=O)Nc2cc(C)on2)cc1. The first-order chi connectivity index (χ1) is 14.4. The van der Waals surface area contributed by atoms with Crippen LogP contribution >= 0.6 is 11.8 Å². The second-order valence-corrected chi connectivity index (χ2v) is 8.40. The minimum absolute atomic E-state index is 0.0513. The third-order valence-corrected chi connectivity index (χ3v) is 5.66. The van der Waals surface area contributed by atoms with E-state index < -0.39 is 5.25 Å². The van der Waals surface area contributed by atoms with Crippen LogP contribution in [0.15, 0.2) is 65.2 Å². The second-order valence-electron chi connectivity index (χ2n) is 7.07. The molecule has 0 bridgehead atoms. The molecule has 0 spiro atoms. The Hall–Kier alpha value is -3.06. The van der Waals surface area contributed by atoms with E-state index >= 15 is 0 Å². The summed E-state index contributed by atoms with van der Waals surface area (Å²) < 4.78 is 4.96. The average molecular weight is 424 g/mol. The zero-order valence-corrected chi connectivity index (χ0v) is 18.1. The van der Waals surface area contributed by atoms with Crippen molar-refractivity contribution in [2.75, 3.05) is 16.0 Å². The first kappa shape index (κ1) is 21.6. The Labute approximate surface area is 180 Å². The van der Waals surface area contributed by atoms with Crippen LogP contribution in [0.1, 0.15) is 23.8 Å². The van der Waals surface area contributed by atoms with Crippen molar-refractivity contribution in [3.8, 4) is 0 Å². The van der Waals surface area contributed by atoms with Crippen molar-refractivity contribution in [3.05, 3.63) is 77.6 Å². The minimum atomic E-state index is -0.414. The average Bonchev–Trinajstić information content (AvgIpc) is 3.16. The van der Waals surface area contributed by atoms with Crippen molar-refractivity contribution < 1.29 is 14.1 Å². The normalized spacial score (nSPS) is 11.7. The second kappa shape index (κ2) is 10.1. The molecule has 0 saturated heterocycles. The van der Waals surface area contributed by atoms with E-state index in [0.717, 1.165) is 16.8 Å². The highest BCUT2D eigenvalue weighted by Crippen LogP contribution is 2.21. The van der Waals surface area contributed by atoms with Crippen LogP contribution in [0.25, 0.3) is 0 Å². The van der Waals surface area contributed by atoms with Gasteiger partial charge in [-0.15, -0.1) is 11.8 Å². The summed E-state index contributed by atoms with van der Waals surface area (Å²) in [5.74, 6) is 0.917. The van der Waals surface area contributed by atoms with E-state index in [4.69, 9.17) is 4.52 Å². The highest BCUT2D eigenvalue weighted by atomic mass is 32.2. The molecule has 1 atom stereocenters. The van der Waals surface area contributed by atoms with E-state index in [1.807, 2.05) is 61.5 Å². The maximum atomic E-state index is 13.1. The predicted octanol–water partition coefficient (Wildman–Crippen LogP) is 4.59. The highest BCUT2D eigenvalue weighted by molar-refractivity contribution is 8.01. The van der Waals surface area contributed by atoms with Crippen molar-refractivity contribution in [2.24, 2.45) is 0 Å². The zero-order chi connectivity index (χ0) is 21.5. The Morgan fingerprint density at radius 1 is 1.10 bits per heavy atom.